The van der Waals surface area contributed by atoms with Gasteiger partial charge in [0.25, 0.3) is 11.8 Å². The molecule has 3 atom stereocenters. The minimum Gasteiger partial charge on any atom is -0.409 e. The summed E-state index contributed by atoms with van der Waals surface area (Å²) in [6.07, 6.45) is 0.0268. The van der Waals surface area contributed by atoms with Crippen LogP contribution in [0.4, 0.5) is 26.7 Å². The predicted octanol–water partition coefficient (Wildman–Crippen LogP) is 4.84. The Kier molecular flexibility index (Phi) is 18.0. The third-order valence-electron chi connectivity index (χ3n) is 13.0. The van der Waals surface area contributed by atoms with E-state index in [-0.39, 0.29) is 43.8 Å². The van der Waals surface area contributed by atoms with E-state index in [2.05, 4.69) is 57.8 Å². The molecule has 5 aromatic rings. The van der Waals surface area contributed by atoms with Crippen LogP contribution in [0.15, 0.2) is 78.9 Å². The summed E-state index contributed by atoms with van der Waals surface area (Å²) in [7, 11) is 2.02. The number of hydrogen-bond donors (Lipinski definition) is 8. The number of alkyl halides is 1. The molecule has 2 aliphatic rings. The van der Waals surface area contributed by atoms with Crippen molar-refractivity contribution >= 4 is 102 Å². The number of H-pyrrole nitrogens is 1. The molecule has 3 heterocycles. The molecule has 21 nitrogen and oxygen atoms in total. The number of hydrazine groups is 1. The van der Waals surface area contributed by atoms with Gasteiger partial charge in [-0.3, -0.25) is 28.8 Å². The van der Waals surface area contributed by atoms with Crippen molar-refractivity contribution in [3.63, 3.8) is 0 Å². The number of piperazine rings is 1. The first-order chi connectivity index (χ1) is 35.4. The maximum absolute atomic E-state index is 14.4. The highest BCUT2D eigenvalue weighted by Crippen LogP contribution is 2.46. The van der Waals surface area contributed by atoms with Crippen molar-refractivity contribution in [3.05, 3.63) is 95.7 Å². The Bertz CT molecular complexity index is 2910. The first-order valence-electron chi connectivity index (χ1n) is 24.5. The summed E-state index contributed by atoms with van der Waals surface area (Å²) in [5.41, 5.74) is 11.7. The summed E-state index contributed by atoms with van der Waals surface area (Å²) in [5.74, 6) is -2.50. The Labute approximate surface area is 436 Å². The number of carbonyl (C=O) groups is 8. The van der Waals surface area contributed by atoms with E-state index in [1.54, 1.807) is 64.4 Å². The fraction of sp³-hybridized carbons (Fsp3) is 0.385. The lowest BCUT2D eigenvalue weighted by Gasteiger charge is -2.31. The molecule has 0 aliphatic carbocycles. The van der Waals surface area contributed by atoms with E-state index in [1.165, 1.54) is 13.8 Å². The van der Waals surface area contributed by atoms with Gasteiger partial charge in [0.15, 0.2) is 0 Å². The van der Waals surface area contributed by atoms with Gasteiger partial charge in [0.2, 0.25) is 23.6 Å². The summed E-state index contributed by atoms with van der Waals surface area (Å²) >= 11 is 3.68. The number of aromatic amines is 1. The molecule has 1 saturated heterocycles. The molecule has 2 aliphatic heterocycles. The van der Waals surface area contributed by atoms with E-state index in [9.17, 15) is 38.4 Å². The van der Waals surface area contributed by atoms with E-state index < -0.39 is 53.7 Å². The number of primary amides is 1. The highest BCUT2D eigenvalue weighted by atomic mass is 79.9. The molecular formula is C52H63BrN12O9. The lowest BCUT2D eigenvalue weighted by atomic mass is 9.95. The lowest BCUT2D eigenvalue weighted by molar-refractivity contribution is -0.146. The molecule has 0 bridgehead atoms. The Morgan fingerprint density at radius 2 is 1.51 bits per heavy atom. The van der Waals surface area contributed by atoms with Crippen LogP contribution in [0.2, 0.25) is 0 Å². The number of hydrogen-bond acceptors (Lipinski definition) is 12. The molecular weight excluding hydrogens is 1020 g/mol. The number of aromatic nitrogens is 1. The lowest BCUT2D eigenvalue weighted by Crippen LogP contribution is -2.55. The molecule has 392 valence electrons. The van der Waals surface area contributed by atoms with Gasteiger partial charge in [-0.25, -0.2) is 20.0 Å². The van der Waals surface area contributed by atoms with Crippen molar-refractivity contribution in [2.75, 3.05) is 80.3 Å². The van der Waals surface area contributed by atoms with Gasteiger partial charge < -0.3 is 56.7 Å². The summed E-state index contributed by atoms with van der Waals surface area (Å²) in [5, 5.41) is 18.0. The average Bonchev–Trinajstić information content (AvgIpc) is 3.97. The van der Waals surface area contributed by atoms with Gasteiger partial charge in [0.1, 0.15) is 17.5 Å². The number of likely N-dealkylation sites (N-methyl/N-ethyl adjacent to an activating group) is 1. The van der Waals surface area contributed by atoms with E-state index in [4.69, 9.17) is 10.5 Å². The smallest absolute Gasteiger partial charge is 0.409 e. The van der Waals surface area contributed by atoms with Crippen LogP contribution in [-0.2, 0) is 19.2 Å². The summed E-state index contributed by atoms with van der Waals surface area (Å²) in [6, 6.07) is 20.3. The summed E-state index contributed by atoms with van der Waals surface area (Å²) in [4.78, 5) is 112. The maximum Gasteiger partial charge on any atom is 0.415 e. The molecule has 0 radical (unpaired) electrons. The first kappa shape index (κ1) is 54.4. The quantitative estimate of drug-likeness (QED) is 0.0314. The van der Waals surface area contributed by atoms with Crippen LogP contribution < -0.4 is 47.4 Å². The molecule has 74 heavy (non-hydrogen) atoms. The number of ether oxygens (including phenoxy) is 1. The normalized spacial score (nSPS) is 15.3. The summed E-state index contributed by atoms with van der Waals surface area (Å²) in [6.45, 7) is 9.69. The molecule has 22 heteroatoms. The second-order valence-corrected chi connectivity index (χ2v) is 19.4. The number of imide groups is 1. The van der Waals surface area contributed by atoms with Gasteiger partial charge >= 0.3 is 12.1 Å². The number of halogens is 1. The van der Waals surface area contributed by atoms with Crippen molar-refractivity contribution < 1.29 is 43.1 Å². The first-order valence-corrected chi connectivity index (χ1v) is 25.6. The summed E-state index contributed by atoms with van der Waals surface area (Å²) < 4.78 is 6.07. The topological polar surface area (TPSA) is 273 Å². The number of nitrogens with zero attached hydrogens (tertiary/aromatic N) is 4. The van der Waals surface area contributed by atoms with Crippen LogP contribution in [0.1, 0.15) is 72.9 Å². The standard InChI is InChI=1S/C52H63BrN12O9/c1-30(2)46(55-19-20-57-65(31(3)66)32(4)67)49(70)61-41(11-8-18-56-51(54)72)48(69)58-36-14-12-33(13-15-36)47(68)59-37-16-17-40-34(25-37)26-42(60-40)50(71)64-29-35(28-53)45-39-10-7-6-9-38(39)44(27-43(45)64)74-52(73)63-23-21-62(5)22-24-63/h6-7,9-10,12-17,25-27,30,35,41,46,55,57,60H,8,11,18-24,28-29H2,1-5H3,(H,58,69)(H,59,68)(H,61,70)(H3,54,56,72)/t35-,41+,46+/m1/s1. The van der Waals surface area contributed by atoms with Crippen molar-refractivity contribution in [2.24, 2.45) is 11.7 Å². The van der Waals surface area contributed by atoms with Crippen LogP contribution in [0.3, 0.4) is 0 Å². The zero-order valence-electron chi connectivity index (χ0n) is 42.0. The van der Waals surface area contributed by atoms with Crippen molar-refractivity contribution in [2.45, 2.75) is 58.5 Å². The van der Waals surface area contributed by atoms with Gasteiger partial charge in [-0.2, -0.15) is 0 Å². The van der Waals surface area contributed by atoms with E-state index in [0.717, 1.165) is 34.4 Å². The zero-order chi connectivity index (χ0) is 53.2. The molecule has 0 saturated carbocycles. The Morgan fingerprint density at radius 1 is 0.824 bits per heavy atom. The SMILES string of the molecule is CC(=O)N(NCCN[C@H](C(=O)N[C@@H](CCCNC(N)=O)C(=O)Nc1ccc(C(=O)Nc2ccc3[nH]c(C(=O)N4C[C@@H](CBr)c5c4cc(OC(=O)N4CCN(C)CC4)c4ccccc54)cc3c2)cc1)C(C)C)C(C)=O. The number of benzene rings is 4. The van der Waals surface area contributed by atoms with E-state index in [1.807, 2.05) is 45.2 Å². The zero-order valence-corrected chi connectivity index (χ0v) is 43.6. The van der Waals surface area contributed by atoms with Gasteiger partial charge in [-0.15, -0.1) is 0 Å². The molecule has 7 rings (SSSR count). The van der Waals surface area contributed by atoms with Crippen molar-refractivity contribution in [3.8, 4) is 5.75 Å². The van der Waals surface area contributed by atoms with Gasteiger partial charge in [0, 0.05) is 117 Å². The van der Waals surface area contributed by atoms with Crippen LogP contribution in [0, 0.1) is 5.92 Å². The van der Waals surface area contributed by atoms with Crippen LogP contribution in [0.5, 0.6) is 5.75 Å². The number of anilines is 3. The Balaban J connectivity index is 0.997. The highest BCUT2D eigenvalue weighted by molar-refractivity contribution is 9.09. The van der Waals surface area contributed by atoms with E-state index >= 15 is 0 Å². The maximum atomic E-state index is 14.4. The largest absolute Gasteiger partial charge is 0.415 e. The second kappa shape index (κ2) is 24.5. The number of carbonyl (C=O) groups excluding carboxylic acids is 8. The van der Waals surface area contributed by atoms with E-state index in [0.29, 0.717) is 76.4 Å². The van der Waals surface area contributed by atoms with Crippen molar-refractivity contribution in [1.82, 2.24) is 41.2 Å². The van der Waals surface area contributed by atoms with Gasteiger partial charge in [-0.1, -0.05) is 54.0 Å². The van der Waals surface area contributed by atoms with Crippen molar-refractivity contribution in [1.29, 1.82) is 0 Å². The fourth-order valence-corrected chi connectivity index (χ4v) is 9.62. The Morgan fingerprint density at radius 3 is 2.18 bits per heavy atom. The highest BCUT2D eigenvalue weighted by Gasteiger charge is 2.36. The fourth-order valence-electron chi connectivity index (χ4n) is 9.09. The molecule has 1 fully saturated rings. The van der Waals surface area contributed by atoms with Gasteiger partial charge in [-0.05, 0) is 85.3 Å². The molecule has 1 aromatic heterocycles. The number of urea groups is 1. The van der Waals surface area contributed by atoms with Crippen LogP contribution >= 0.6 is 15.9 Å². The Hall–Kier alpha value is -7.40. The monoisotopic (exact) mass is 1080 g/mol. The molecule has 0 unspecified atom stereocenters. The minimum atomic E-state index is -1.03. The minimum absolute atomic E-state index is 0.0269. The van der Waals surface area contributed by atoms with Crippen LogP contribution in [-0.4, -0.2) is 144 Å². The molecule has 4 aromatic carbocycles. The third kappa shape index (κ3) is 13.2. The third-order valence-corrected chi connectivity index (χ3v) is 13.8. The number of nitrogens with two attached hydrogens (primary N) is 1. The average molecular weight is 1080 g/mol. The molecule has 9 amide bonds. The van der Waals surface area contributed by atoms with Gasteiger partial charge in [0.05, 0.1) is 11.7 Å². The molecule has 9 N–H and O–H groups in total. The molecule has 0 spiro atoms. The number of rotatable bonds is 19. The number of amides is 9. The predicted molar refractivity (Wildman–Crippen MR) is 285 cm³/mol. The second-order valence-electron chi connectivity index (χ2n) is 18.7. The number of fused-ring (bicyclic) bond motifs is 4. The van der Waals surface area contributed by atoms with Crippen LogP contribution in [0.25, 0.3) is 21.7 Å². The number of nitrogens with one attached hydrogen (secondary N) is 7.